The number of carbonyl (C=O) groups excluding carboxylic acids is 2. The molecule has 0 unspecified atom stereocenters. The van der Waals surface area contributed by atoms with Crippen molar-refractivity contribution in [2.24, 2.45) is 5.92 Å². The topological polar surface area (TPSA) is 84.3 Å². The van der Waals surface area contributed by atoms with Crippen molar-refractivity contribution in [3.8, 4) is 11.3 Å². The Labute approximate surface area is 186 Å². The number of amides is 2. The molecule has 7 heteroatoms. The van der Waals surface area contributed by atoms with Gasteiger partial charge in [0.05, 0.1) is 17.9 Å². The molecule has 1 aromatic heterocycles. The summed E-state index contributed by atoms with van der Waals surface area (Å²) in [5.74, 6) is -0.628. The van der Waals surface area contributed by atoms with Crippen molar-refractivity contribution in [2.75, 3.05) is 18.0 Å². The van der Waals surface area contributed by atoms with Gasteiger partial charge in [-0.05, 0) is 37.1 Å². The van der Waals surface area contributed by atoms with Gasteiger partial charge in [-0.1, -0.05) is 36.4 Å². The van der Waals surface area contributed by atoms with E-state index in [1.165, 1.54) is 17.0 Å². The first-order valence-electron chi connectivity index (χ1n) is 10.7. The zero-order chi connectivity index (χ0) is 22.7. The van der Waals surface area contributed by atoms with Crippen LogP contribution in [0, 0.1) is 19.8 Å². The number of hydrogen-bond donors (Lipinski definition) is 1. The molecule has 32 heavy (non-hydrogen) atoms. The molecule has 0 radical (unpaired) electrons. The first-order valence-corrected chi connectivity index (χ1v) is 10.7. The van der Waals surface area contributed by atoms with E-state index in [-0.39, 0.29) is 23.8 Å². The van der Waals surface area contributed by atoms with Crippen LogP contribution in [0.15, 0.2) is 65.7 Å². The molecule has 0 bridgehead atoms. The lowest BCUT2D eigenvalue weighted by atomic mass is 10.1. The highest BCUT2D eigenvalue weighted by atomic mass is 16.2. The molecule has 1 aliphatic rings. The third-order valence-electron chi connectivity index (χ3n) is 5.90. The highest BCUT2D eigenvalue weighted by Crippen LogP contribution is 2.26. The molecule has 4 rings (SSSR count). The van der Waals surface area contributed by atoms with Crippen LogP contribution in [0.2, 0.25) is 0 Å². The van der Waals surface area contributed by atoms with Crippen LogP contribution < -0.4 is 15.8 Å². The zero-order valence-electron chi connectivity index (χ0n) is 18.2. The molecular weight excluding hydrogens is 404 g/mol. The van der Waals surface area contributed by atoms with Crippen LogP contribution in [-0.2, 0) is 16.1 Å². The van der Waals surface area contributed by atoms with Crippen LogP contribution in [0.1, 0.15) is 17.5 Å². The van der Waals surface area contributed by atoms with Crippen LogP contribution in [0.4, 0.5) is 5.69 Å². The van der Waals surface area contributed by atoms with Crippen molar-refractivity contribution >= 4 is 17.5 Å². The molecule has 164 valence electrons. The summed E-state index contributed by atoms with van der Waals surface area (Å²) in [7, 11) is 0. The number of nitrogens with zero attached hydrogens (tertiary/aromatic N) is 3. The van der Waals surface area contributed by atoms with Gasteiger partial charge in [-0.3, -0.25) is 19.0 Å². The van der Waals surface area contributed by atoms with Crippen LogP contribution in [-0.4, -0.2) is 34.5 Å². The molecule has 1 aliphatic heterocycles. The summed E-state index contributed by atoms with van der Waals surface area (Å²) in [5.41, 5.74) is 4.42. The van der Waals surface area contributed by atoms with E-state index in [1.54, 1.807) is 4.90 Å². The Kier molecular flexibility index (Phi) is 6.16. The van der Waals surface area contributed by atoms with Gasteiger partial charge in [0.25, 0.3) is 5.56 Å². The fourth-order valence-corrected chi connectivity index (χ4v) is 3.83. The summed E-state index contributed by atoms with van der Waals surface area (Å²) in [4.78, 5) is 43.5. The maximum atomic E-state index is 12.6. The van der Waals surface area contributed by atoms with Gasteiger partial charge < -0.3 is 10.2 Å². The lowest BCUT2D eigenvalue weighted by Crippen LogP contribution is -2.36. The monoisotopic (exact) mass is 430 g/mol. The Morgan fingerprint density at radius 3 is 2.56 bits per heavy atom. The molecule has 1 saturated heterocycles. The van der Waals surface area contributed by atoms with E-state index in [9.17, 15) is 14.4 Å². The smallest absolute Gasteiger partial charge is 0.253 e. The Morgan fingerprint density at radius 2 is 1.84 bits per heavy atom. The first kappa shape index (κ1) is 21.5. The number of benzene rings is 2. The van der Waals surface area contributed by atoms with E-state index < -0.39 is 5.92 Å². The van der Waals surface area contributed by atoms with E-state index in [4.69, 9.17) is 0 Å². The second-order valence-corrected chi connectivity index (χ2v) is 8.14. The summed E-state index contributed by atoms with van der Waals surface area (Å²) in [6.07, 6.45) is 1.68. The normalized spacial score (nSPS) is 15.8. The average molecular weight is 431 g/mol. The number of nitrogens with one attached hydrogen (secondary N) is 1. The standard InChI is InChI=1S/C25H26N4O3/c1-17-8-9-21(12-18(17)2)29-15-20(13-24(29)31)25(32)26-10-11-28-16-27-22(14-23(28)30)19-6-4-3-5-7-19/h3-9,12,14,16,20H,10-11,13,15H2,1-2H3,(H,26,32)/t20-/m0/s1. The van der Waals surface area contributed by atoms with Crippen molar-refractivity contribution in [3.63, 3.8) is 0 Å². The minimum Gasteiger partial charge on any atom is -0.354 e. The number of aromatic nitrogens is 2. The van der Waals surface area contributed by atoms with E-state index >= 15 is 0 Å². The van der Waals surface area contributed by atoms with Crippen LogP contribution in [0.25, 0.3) is 11.3 Å². The van der Waals surface area contributed by atoms with Gasteiger partial charge in [0.15, 0.2) is 0 Å². The Bertz CT molecular complexity index is 1200. The minimum atomic E-state index is -0.403. The molecule has 0 aliphatic carbocycles. The third kappa shape index (κ3) is 4.61. The van der Waals surface area contributed by atoms with E-state index in [1.807, 2.05) is 62.4 Å². The van der Waals surface area contributed by atoms with Gasteiger partial charge in [-0.15, -0.1) is 0 Å². The third-order valence-corrected chi connectivity index (χ3v) is 5.90. The molecule has 2 aromatic carbocycles. The van der Waals surface area contributed by atoms with Gasteiger partial charge in [0.1, 0.15) is 0 Å². The predicted molar refractivity (Wildman–Crippen MR) is 123 cm³/mol. The lowest BCUT2D eigenvalue weighted by molar-refractivity contribution is -0.126. The van der Waals surface area contributed by atoms with Crippen molar-refractivity contribution in [1.29, 1.82) is 0 Å². The summed E-state index contributed by atoms with van der Waals surface area (Å²) < 4.78 is 1.47. The fraction of sp³-hybridized carbons (Fsp3) is 0.280. The minimum absolute atomic E-state index is 0.0506. The van der Waals surface area contributed by atoms with Gasteiger partial charge in [0.2, 0.25) is 11.8 Å². The molecule has 1 N–H and O–H groups in total. The van der Waals surface area contributed by atoms with Crippen LogP contribution in [0.5, 0.6) is 0 Å². The molecule has 3 aromatic rings. The summed E-state index contributed by atoms with van der Waals surface area (Å²) in [6.45, 7) is 5.00. The van der Waals surface area contributed by atoms with Crippen LogP contribution >= 0.6 is 0 Å². The van der Waals surface area contributed by atoms with E-state index in [0.29, 0.717) is 25.3 Å². The highest BCUT2D eigenvalue weighted by Gasteiger charge is 2.35. The zero-order valence-corrected chi connectivity index (χ0v) is 18.2. The van der Waals surface area contributed by atoms with E-state index in [2.05, 4.69) is 10.3 Å². The second-order valence-electron chi connectivity index (χ2n) is 8.14. The number of anilines is 1. The summed E-state index contributed by atoms with van der Waals surface area (Å²) in [5, 5.41) is 2.85. The average Bonchev–Trinajstić information content (AvgIpc) is 3.19. The van der Waals surface area contributed by atoms with E-state index in [0.717, 1.165) is 22.4 Å². The summed E-state index contributed by atoms with van der Waals surface area (Å²) >= 11 is 0. The van der Waals surface area contributed by atoms with Crippen molar-refractivity contribution < 1.29 is 9.59 Å². The molecule has 7 nitrogen and oxygen atoms in total. The van der Waals surface area contributed by atoms with Crippen molar-refractivity contribution in [1.82, 2.24) is 14.9 Å². The summed E-state index contributed by atoms with van der Waals surface area (Å²) in [6, 6.07) is 16.9. The molecule has 2 heterocycles. The van der Waals surface area contributed by atoms with Gasteiger partial charge >= 0.3 is 0 Å². The Morgan fingerprint density at radius 1 is 1.06 bits per heavy atom. The highest BCUT2D eigenvalue weighted by molar-refractivity contribution is 6.00. The predicted octanol–water partition coefficient (Wildman–Crippen LogP) is 2.70. The quantitative estimate of drug-likeness (QED) is 0.652. The van der Waals surface area contributed by atoms with Crippen molar-refractivity contribution in [2.45, 2.75) is 26.8 Å². The first-order chi connectivity index (χ1) is 15.4. The maximum Gasteiger partial charge on any atom is 0.253 e. The van der Waals surface area contributed by atoms with Crippen LogP contribution in [0.3, 0.4) is 0 Å². The van der Waals surface area contributed by atoms with Crippen molar-refractivity contribution in [3.05, 3.63) is 82.4 Å². The van der Waals surface area contributed by atoms with Gasteiger partial charge in [-0.25, -0.2) is 4.98 Å². The molecular formula is C25H26N4O3. The number of carbonyl (C=O) groups is 2. The van der Waals surface area contributed by atoms with Gasteiger partial charge in [-0.2, -0.15) is 0 Å². The molecule has 1 atom stereocenters. The molecule has 0 spiro atoms. The molecule has 2 amide bonds. The Hall–Kier alpha value is -3.74. The molecule has 1 fully saturated rings. The maximum absolute atomic E-state index is 12.6. The Balaban J connectivity index is 1.33. The SMILES string of the molecule is Cc1ccc(N2C[C@@H](C(=O)NCCn3cnc(-c4ccccc4)cc3=O)CC2=O)cc1C. The molecule has 0 saturated carbocycles. The van der Waals surface area contributed by atoms with Gasteiger partial charge in [0, 0.05) is 43.4 Å². The largest absolute Gasteiger partial charge is 0.354 e. The fourth-order valence-electron chi connectivity index (χ4n) is 3.83. The number of aryl methyl sites for hydroxylation is 2. The number of rotatable bonds is 6. The number of hydrogen-bond acceptors (Lipinski definition) is 4. The second kappa shape index (κ2) is 9.18. The lowest BCUT2D eigenvalue weighted by Gasteiger charge is -2.18.